The van der Waals surface area contributed by atoms with Gasteiger partial charge in [-0.05, 0) is 33.2 Å². The van der Waals surface area contributed by atoms with Crippen molar-refractivity contribution >= 4 is 0 Å². The van der Waals surface area contributed by atoms with Gasteiger partial charge < -0.3 is 15.2 Å². The van der Waals surface area contributed by atoms with Crippen LogP contribution in [0.3, 0.4) is 0 Å². The molecule has 3 rings (SSSR count). The molecule has 16 heavy (non-hydrogen) atoms. The van der Waals surface area contributed by atoms with Gasteiger partial charge >= 0.3 is 0 Å². The van der Waals surface area contributed by atoms with Gasteiger partial charge in [0.25, 0.3) is 0 Å². The minimum atomic E-state index is -0.457. The van der Waals surface area contributed by atoms with Gasteiger partial charge in [-0.25, -0.2) is 0 Å². The lowest BCUT2D eigenvalue weighted by atomic mass is 9.86. The summed E-state index contributed by atoms with van der Waals surface area (Å²) in [6.45, 7) is 6.13. The molecule has 92 valence electrons. The highest BCUT2D eigenvalue weighted by Gasteiger charge is 2.51. The molecule has 0 aliphatic carbocycles. The normalized spacial score (nSPS) is 47.4. The van der Waals surface area contributed by atoms with Crippen molar-refractivity contribution in [2.24, 2.45) is 5.73 Å². The summed E-state index contributed by atoms with van der Waals surface area (Å²) in [4.78, 5) is 2.50. The maximum Gasteiger partial charge on any atom is 0.163 e. The molecule has 0 radical (unpaired) electrons. The lowest BCUT2D eigenvalue weighted by Gasteiger charge is -2.46. The molecule has 3 aliphatic rings. The first-order chi connectivity index (χ1) is 7.57. The Hall–Kier alpha value is -0.160. The molecule has 4 nitrogen and oxygen atoms in total. The Labute approximate surface area is 97.1 Å². The summed E-state index contributed by atoms with van der Waals surface area (Å²) in [5.74, 6) is -0.457. The Morgan fingerprint density at radius 1 is 1.25 bits per heavy atom. The monoisotopic (exact) mass is 226 g/mol. The Morgan fingerprint density at radius 3 is 2.88 bits per heavy atom. The van der Waals surface area contributed by atoms with E-state index in [-0.39, 0.29) is 18.2 Å². The standard InChI is InChI=1S/C12H22N2O2/c1-12(2)15-9-7-14-6-4-3-5-8(14)10(13)11(9)16-12/h8-11H,3-7,13H2,1-2H3/t8-,9+,10-,11-/m1/s1. The second-order valence-corrected chi connectivity index (χ2v) is 5.77. The van der Waals surface area contributed by atoms with Crippen LogP contribution in [0.25, 0.3) is 0 Å². The Balaban J connectivity index is 1.79. The van der Waals surface area contributed by atoms with E-state index in [1.165, 1.54) is 25.8 Å². The van der Waals surface area contributed by atoms with Crippen molar-refractivity contribution in [1.82, 2.24) is 4.90 Å². The molecule has 3 saturated heterocycles. The van der Waals surface area contributed by atoms with E-state index in [4.69, 9.17) is 15.2 Å². The van der Waals surface area contributed by atoms with E-state index in [1.54, 1.807) is 0 Å². The molecule has 0 aromatic heterocycles. The molecule has 3 fully saturated rings. The van der Waals surface area contributed by atoms with Crippen LogP contribution in [0, 0.1) is 0 Å². The van der Waals surface area contributed by atoms with Gasteiger partial charge in [0.2, 0.25) is 0 Å². The number of fused-ring (bicyclic) bond motifs is 2. The summed E-state index contributed by atoms with van der Waals surface area (Å²) in [7, 11) is 0. The zero-order valence-electron chi connectivity index (χ0n) is 10.2. The number of nitrogens with two attached hydrogens (primary N) is 1. The van der Waals surface area contributed by atoms with E-state index in [0.717, 1.165) is 6.54 Å². The van der Waals surface area contributed by atoms with Crippen molar-refractivity contribution in [3.63, 3.8) is 0 Å². The van der Waals surface area contributed by atoms with Crippen LogP contribution in [0.5, 0.6) is 0 Å². The van der Waals surface area contributed by atoms with Gasteiger partial charge in [0.1, 0.15) is 12.2 Å². The summed E-state index contributed by atoms with van der Waals surface area (Å²) in [5.41, 5.74) is 6.35. The van der Waals surface area contributed by atoms with Crippen LogP contribution in [0.2, 0.25) is 0 Å². The van der Waals surface area contributed by atoms with E-state index in [1.807, 2.05) is 13.8 Å². The van der Waals surface area contributed by atoms with Gasteiger partial charge in [0, 0.05) is 18.6 Å². The summed E-state index contributed by atoms with van der Waals surface area (Å²) >= 11 is 0. The highest BCUT2D eigenvalue weighted by atomic mass is 16.8. The van der Waals surface area contributed by atoms with E-state index in [2.05, 4.69) is 4.90 Å². The van der Waals surface area contributed by atoms with Gasteiger partial charge in [-0.1, -0.05) is 6.42 Å². The topological polar surface area (TPSA) is 47.7 Å². The van der Waals surface area contributed by atoms with E-state index >= 15 is 0 Å². The van der Waals surface area contributed by atoms with Crippen LogP contribution in [-0.2, 0) is 9.47 Å². The van der Waals surface area contributed by atoms with E-state index < -0.39 is 5.79 Å². The van der Waals surface area contributed by atoms with E-state index in [0.29, 0.717) is 6.04 Å². The third-order valence-electron chi connectivity index (χ3n) is 4.12. The van der Waals surface area contributed by atoms with Gasteiger partial charge in [-0.2, -0.15) is 0 Å². The molecule has 4 heteroatoms. The molecule has 3 aliphatic heterocycles. The second-order valence-electron chi connectivity index (χ2n) is 5.77. The third kappa shape index (κ3) is 1.68. The molecule has 0 bridgehead atoms. The van der Waals surface area contributed by atoms with Crippen molar-refractivity contribution in [3.05, 3.63) is 0 Å². The Morgan fingerprint density at radius 2 is 2.06 bits per heavy atom. The van der Waals surface area contributed by atoms with Gasteiger partial charge in [-0.15, -0.1) is 0 Å². The molecule has 0 unspecified atom stereocenters. The quantitative estimate of drug-likeness (QED) is 0.660. The van der Waals surface area contributed by atoms with Crippen molar-refractivity contribution in [2.45, 2.75) is 63.2 Å². The minimum Gasteiger partial charge on any atom is -0.343 e. The molecular formula is C12H22N2O2. The molecule has 0 amide bonds. The molecule has 0 aromatic rings. The molecular weight excluding hydrogens is 204 g/mol. The van der Waals surface area contributed by atoms with Gasteiger partial charge in [-0.3, -0.25) is 4.90 Å². The zero-order chi connectivity index (χ0) is 11.3. The number of hydrogen-bond donors (Lipinski definition) is 1. The predicted molar refractivity (Wildman–Crippen MR) is 61.0 cm³/mol. The van der Waals surface area contributed by atoms with Crippen LogP contribution < -0.4 is 5.73 Å². The first-order valence-corrected chi connectivity index (χ1v) is 6.42. The molecule has 2 N–H and O–H groups in total. The lowest BCUT2D eigenvalue weighted by Crippen LogP contribution is -2.64. The minimum absolute atomic E-state index is 0.0920. The number of rotatable bonds is 0. The highest BCUT2D eigenvalue weighted by molar-refractivity contribution is 5.02. The van der Waals surface area contributed by atoms with Crippen molar-refractivity contribution < 1.29 is 9.47 Å². The van der Waals surface area contributed by atoms with Crippen LogP contribution in [0.1, 0.15) is 33.1 Å². The smallest absolute Gasteiger partial charge is 0.163 e. The summed E-state index contributed by atoms with van der Waals surface area (Å²) < 4.78 is 11.9. The third-order valence-corrected chi connectivity index (χ3v) is 4.12. The Bertz CT molecular complexity index is 282. The van der Waals surface area contributed by atoms with Crippen LogP contribution in [0.4, 0.5) is 0 Å². The number of nitrogens with zero attached hydrogens (tertiary/aromatic N) is 1. The first kappa shape index (κ1) is 11.0. The summed E-state index contributed by atoms with van der Waals surface area (Å²) in [6.07, 6.45) is 4.07. The largest absolute Gasteiger partial charge is 0.343 e. The van der Waals surface area contributed by atoms with Gasteiger partial charge in [0.05, 0.1) is 0 Å². The van der Waals surface area contributed by atoms with Crippen molar-refractivity contribution in [1.29, 1.82) is 0 Å². The summed E-state index contributed by atoms with van der Waals surface area (Å²) in [5, 5.41) is 0. The fraction of sp³-hybridized carbons (Fsp3) is 1.00. The summed E-state index contributed by atoms with van der Waals surface area (Å²) in [6, 6.07) is 0.619. The predicted octanol–water partition coefficient (Wildman–Crippen LogP) is 0.702. The first-order valence-electron chi connectivity index (χ1n) is 6.42. The number of piperidine rings is 2. The van der Waals surface area contributed by atoms with Crippen molar-refractivity contribution in [2.75, 3.05) is 13.1 Å². The fourth-order valence-corrected chi connectivity index (χ4v) is 3.46. The maximum atomic E-state index is 6.35. The molecule has 0 spiro atoms. The molecule has 0 aromatic carbocycles. The van der Waals surface area contributed by atoms with Crippen LogP contribution >= 0.6 is 0 Å². The van der Waals surface area contributed by atoms with Crippen LogP contribution in [0.15, 0.2) is 0 Å². The zero-order valence-corrected chi connectivity index (χ0v) is 10.2. The fourth-order valence-electron chi connectivity index (χ4n) is 3.46. The van der Waals surface area contributed by atoms with Gasteiger partial charge in [0.15, 0.2) is 5.79 Å². The lowest BCUT2D eigenvalue weighted by molar-refractivity contribution is -0.146. The SMILES string of the molecule is CC1(C)O[C@H]2[C@H](N)[C@H]3CCCCN3C[C@@H]2O1. The van der Waals surface area contributed by atoms with Crippen molar-refractivity contribution in [3.8, 4) is 0 Å². The maximum absolute atomic E-state index is 6.35. The average molecular weight is 226 g/mol. The highest BCUT2D eigenvalue weighted by Crippen LogP contribution is 2.37. The molecule has 4 atom stereocenters. The average Bonchev–Trinajstić information content (AvgIpc) is 2.53. The molecule has 3 heterocycles. The molecule has 0 saturated carbocycles. The second kappa shape index (κ2) is 3.67. The number of ether oxygens (including phenoxy) is 2. The Kier molecular flexibility index (Phi) is 2.51. The number of hydrogen-bond acceptors (Lipinski definition) is 4. The van der Waals surface area contributed by atoms with Crippen LogP contribution in [-0.4, -0.2) is 48.1 Å². The van der Waals surface area contributed by atoms with E-state index in [9.17, 15) is 0 Å².